The molecule has 0 fully saturated rings. The van der Waals surface area contributed by atoms with Gasteiger partial charge in [-0.15, -0.1) is 0 Å². The first-order valence-corrected chi connectivity index (χ1v) is 11.4. The molecule has 2 N–H and O–H groups in total. The molecule has 170 valence electrons. The molecule has 2 aromatic rings. The summed E-state index contributed by atoms with van der Waals surface area (Å²) in [4.78, 5) is 23.6. The molecular formula is C24H28Cl2N4O2. The Bertz CT molecular complexity index is 822. The lowest BCUT2D eigenvalue weighted by Crippen LogP contribution is -2.17. The van der Waals surface area contributed by atoms with E-state index in [9.17, 15) is 9.59 Å². The Balaban J connectivity index is 1.43. The van der Waals surface area contributed by atoms with Gasteiger partial charge in [-0.1, -0.05) is 73.2 Å². The maximum absolute atomic E-state index is 11.8. The van der Waals surface area contributed by atoms with E-state index in [-0.39, 0.29) is 11.8 Å². The van der Waals surface area contributed by atoms with Gasteiger partial charge in [-0.3, -0.25) is 9.59 Å². The first kappa shape index (κ1) is 25.6. The number of hydrazone groups is 2. The minimum atomic E-state index is -0.0916. The molecule has 0 heterocycles. The number of carbonyl (C=O) groups excluding carboxylic acids is 2. The normalized spacial score (nSPS) is 11.2. The van der Waals surface area contributed by atoms with Gasteiger partial charge in [0, 0.05) is 22.9 Å². The van der Waals surface area contributed by atoms with Crippen LogP contribution < -0.4 is 10.9 Å². The van der Waals surface area contributed by atoms with E-state index < -0.39 is 0 Å². The molecule has 0 saturated heterocycles. The zero-order chi connectivity index (χ0) is 23.0. The summed E-state index contributed by atoms with van der Waals surface area (Å²) in [5, 5.41) is 9.22. The molecule has 0 saturated carbocycles. The Kier molecular flexibility index (Phi) is 12.1. The van der Waals surface area contributed by atoms with Crippen LogP contribution in [-0.2, 0) is 9.59 Å². The molecule has 0 radical (unpaired) electrons. The second kappa shape index (κ2) is 15.2. The van der Waals surface area contributed by atoms with Crippen molar-refractivity contribution in [3.63, 3.8) is 0 Å². The summed E-state index contributed by atoms with van der Waals surface area (Å²) in [5.41, 5.74) is 6.81. The number of benzene rings is 2. The van der Waals surface area contributed by atoms with Crippen LogP contribution in [0.4, 0.5) is 0 Å². The van der Waals surface area contributed by atoms with E-state index in [2.05, 4.69) is 21.1 Å². The number of hydrogen-bond acceptors (Lipinski definition) is 4. The van der Waals surface area contributed by atoms with Gasteiger partial charge >= 0.3 is 0 Å². The number of nitrogens with zero attached hydrogens (tertiary/aromatic N) is 2. The lowest BCUT2D eigenvalue weighted by Gasteiger charge is -2.02. The van der Waals surface area contributed by atoms with Crippen molar-refractivity contribution in [3.8, 4) is 0 Å². The molecule has 0 aliphatic carbocycles. The fraction of sp³-hybridized carbons (Fsp3) is 0.333. The van der Waals surface area contributed by atoms with Gasteiger partial charge in [-0.05, 0) is 48.2 Å². The number of halogens is 2. The highest BCUT2D eigenvalue weighted by atomic mass is 35.5. The van der Waals surface area contributed by atoms with Crippen molar-refractivity contribution in [2.24, 2.45) is 10.2 Å². The number of carbonyl (C=O) groups is 2. The molecule has 0 unspecified atom stereocenters. The summed E-state index contributed by atoms with van der Waals surface area (Å²) in [6.45, 7) is 0. The van der Waals surface area contributed by atoms with E-state index >= 15 is 0 Å². The van der Waals surface area contributed by atoms with E-state index in [1.165, 1.54) is 0 Å². The lowest BCUT2D eigenvalue weighted by molar-refractivity contribution is -0.122. The van der Waals surface area contributed by atoms with Gasteiger partial charge in [-0.2, -0.15) is 10.2 Å². The largest absolute Gasteiger partial charge is 0.273 e. The smallest absolute Gasteiger partial charge is 0.240 e. The highest BCUT2D eigenvalue weighted by Crippen LogP contribution is 2.10. The van der Waals surface area contributed by atoms with Gasteiger partial charge in [0.2, 0.25) is 11.8 Å². The summed E-state index contributed by atoms with van der Waals surface area (Å²) in [5.74, 6) is -0.183. The topological polar surface area (TPSA) is 82.9 Å². The van der Waals surface area contributed by atoms with E-state index in [0.717, 1.165) is 49.7 Å². The zero-order valence-corrected chi connectivity index (χ0v) is 19.4. The van der Waals surface area contributed by atoms with E-state index in [1.807, 2.05) is 24.3 Å². The summed E-state index contributed by atoms with van der Waals surface area (Å²) >= 11 is 11.6. The van der Waals surface area contributed by atoms with Gasteiger partial charge in [-0.25, -0.2) is 10.9 Å². The molecule has 2 rings (SSSR count). The number of rotatable bonds is 13. The fourth-order valence-corrected chi connectivity index (χ4v) is 3.10. The molecule has 0 aromatic heterocycles. The second-order valence-corrected chi connectivity index (χ2v) is 8.18. The highest BCUT2D eigenvalue weighted by Gasteiger charge is 2.01. The predicted octanol–water partition coefficient (Wildman–Crippen LogP) is 5.71. The van der Waals surface area contributed by atoms with E-state index in [0.29, 0.717) is 22.9 Å². The monoisotopic (exact) mass is 474 g/mol. The molecule has 6 nitrogen and oxygen atoms in total. The number of nitrogens with one attached hydrogen (secondary N) is 2. The molecule has 2 amide bonds. The number of amides is 2. The van der Waals surface area contributed by atoms with Crippen molar-refractivity contribution < 1.29 is 9.59 Å². The van der Waals surface area contributed by atoms with Crippen molar-refractivity contribution in [2.45, 2.75) is 51.4 Å². The Labute approximate surface area is 199 Å². The summed E-state index contributed by atoms with van der Waals surface area (Å²) < 4.78 is 0. The maximum Gasteiger partial charge on any atom is 0.240 e. The van der Waals surface area contributed by atoms with Gasteiger partial charge in [0.15, 0.2) is 0 Å². The van der Waals surface area contributed by atoms with Crippen LogP contribution in [0.2, 0.25) is 10.0 Å². The van der Waals surface area contributed by atoms with Crippen LogP contribution in [0.5, 0.6) is 0 Å². The molecule has 2 aromatic carbocycles. The van der Waals surface area contributed by atoms with Crippen LogP contribution in [0.15, 0.2) is 58.7 Å². The second-order valence-electron chi connectivity index (χ2n) is 7.31. The zero-order valence-electron chi connectivity index (χ0n) is 17.9. The first-order valence-electron chi connectivity index (χ1n) is 10.7. The molecule has 0 spiro atoms. The molecule has 0 bridgehead atoms. The minimum Gasteiger partial charge on any atom is -0.273 e. The van der Waals surface area contributed by atoms with Crippen LogP contribution in [0.1, 0.15) is 62.5 Å². The molecular weight excluding hydrogens is 447 g/mol. The average Bonchev–Trinajstić information content (AvgIpc) is 2.78. The highest BCUT2D eigenvalue weighted by molar-refractivity contribution is 6.30. The average molecular weight is 475 g/mol. The van der Waals surface area contributed by atoms with E-state index in [1.54, 1.807) is 36.7 Å². The molecule has 0 aliphatic rings. The Morgan fingerprint density at radius 3 is 1.34 bits per heavy atom. The van der Waals surface area contributed by atoms with Crippen LogP contribution in [-0.4, -0.2) is 24.2 Å². The third-order valence-electron chi connectivity index (χ3n) is 4.60. The maximum atomic E-state index is 11.8. The number of hydrogen-bond donors (Lipinski definition) is 2. The third-order valence-corrected chi connectivity index (χ3v) is 5.11. The standard InChI is InChI=1S/C24H28Cl2N4O2/c25-21-13-9-19(10-14-21)17-27-29-23(31)7-5-3-1-2-4-6-8-24(32)30-28-18-20-11-15-22(26)16-12-20/h9-18H,1-8H2,(H,29,31)(H,30,32)/b27-17-,28-18-. The van der Waals surface area contributed by atoms with Gasteiger partial charge in [0.1, 0.15) is 0 Å². The van der Waals surface area contributed by atoms with Crippen molar-refractivity contribution in [1.29, 1.82) is 0 Å². The summed E-state index contributed by atoms with van der Waals surface area (Å²) in [6.07, 6.45) is 9.76. The van der Waals surface area contributed by atoms with Crippen molar-refractivity contribution in [1.82, 2.24) is 10.9 Å². The SMILES string of the molecule is O=C(CCCCCCCCC(=O)N/N=C\c1ccc(Cl)cc1)N/N=C\c1ccc(Cl)cc1. The molecule has 0 aliphatic heterocycles. The van der Waals surface area contributed by atoms with Gasteiger partial charge < -0.3 is 0 Å². The minimum absolute atomic E-state index is 0.0916. The fourth-order valence-electron chi connectivity index (χ4n) is 2.85. The Morgan fingerprint density at radius 2 is 0.969 bits per heavy atom. The third kappa shape index (κ3) is 11.6. The first-order chi connectivity index (χ1) is 15.5. The Morgan fingerprint density at radius 1 is 0.625 bits per heavy atom. The van der Waals surface area contributed by atoms with E-state index in [4.69, 9.17) is 23.2 Å². The van der Waals surface area contributed by atoms with Gasteiger partial charge in [0.05, 0.1) is 12.4 Å². The van der Waals surface area contributed by atoms with Crippen LogP contribution >= 0.6 is 23.2 Å². The van der Waals surface area contributed by atoms with Crippen LogP contribution in [0, 0.1) is 0 Å². The van der Waals surface area contributed by atoms with Gasteiger partial charge in [0.25, 0.3) is 0 Å². The molecule has 32 heavy (non-hydrogen) atoms. The molecule has 8 heteroatoms. The summed E-state index contributed by atoms with van der Waals surface area (Å²) in [7, 11) is 0. The molecule has 0 atom stereocenters. The number of unbranched alkanes of at least 4 members (excludes halogenated alkanes) is 5. The van der Waals surface area contributed by atoms with Crippen molar-refractivity contribution >= 4 is 47.4 Å². The predicted molar refractivity (Wildman–Crippen MR) is 131 cm³/mol. The Hall–Kier alpha value is -2.70. The quantitative estimate of drug-likeness (QED) is 0.221. The summed E-state index contributed by atoms with van der Waals surface area (Å²) in [6, 6.07) is 14.4. The van der Waals surface area contributed by atoms with Crippen molar-refractivity contribution in [2.75, 3.05) is 0 Å². The van der Waals surface area contributed by atoms with Crippen molar-refractivity contribution in [3.05, 3.63) is 69.7 Å². The van der Waals surface area contributed by atoms with Crippen LogP contribution in [0.25, 0.3) is 0 Å². The van der Waals surface area contributed by atoms with Crippen LogP contribution in [0.3, 0.4) is 0 Å². The lowest BCUT2D eigenvalue weighted by atomic mass is 10.1.